The van der Waals surface area contributed by atoms with Gasteiger partial charge in [-0.2, -0.15) is 4.98 Å². The molecule has 4 N–H and O–H groups in total. The first-order chi connectivity index (χ1) is 26.8. The highest BCUT2D eigenvalue weighted by Crippen LogP contribution is 2.77. The number of rotatable bonds is 7. The number of fused-ring (bicyclic) bond motifs is 7. The van der Waals surface area contributed by atoms with Crippen LogP contribution in [0.2, 0.25) is 0 Å². The van der Waals surface area contributed by atoms with Crippen molar-refractivity contribution in [2.24, 2.45) is 62.6 Å². The highest BCUT2D eigenvalue weighted by Gasteiger charge is 2.73. The molecule has 0 radical (unpaired) electrons. The molecule has 0 spiro atoms. The standard InChI is InChI=1S/C43H61FN6O7/c1-23(2)26-11-15-42(36(54)56-8)17-16-40(6)27(31(26)42)9-10-29-39(5)20-24(33(52)38(3,4)28(39)12-14-41(29,40)7)19-25-21-50(48-47-25)43(22-51)34(53)32(44)35(57-43)49-18-13-30(45)46-37(49)55/h13,18,21,24,26-29,31-32,34-35,51,53H,1,9-12,14-17,19-20,22H2,2-8H3,(H2,45,46,55)/t24-,26+,27-,28+,29-,31-,32+,34+,35-,39+,40-,41-,42+,43-/m1/s1. The number of ketones is 1. The summed E-state index contributed by atoms with van der Waals surface area (Å²) in [7, 11) is 1.54. The zero-order chi connectivity index (χ0) is 41.2. The van der Waals surface area contributed by atoms with Crippen LogP contribution in [0.5, 0.6) is 0 Å². The zero-order valence-corrected chi connectivity index (χ0v) is 34.5. The summed E-state index contributed by atoms with van der Waals surface area (Å²) in [6, 6.07) is 1.31. The molecule has 6 fully saturated rings. The predicted molar refractivity (Wildman–Crippen MR) is 208 cm³/mol. The van der Waals surface area contributed by atoms with Gasteiger partial charge in [-0.05, 0) is 117 Å². The van der Waals surface area contributed by atoms with Crippen LogP contribution in [0.25, 0.3) is 0 Å². The van der Waals surface area contributed by atoms with E-state index in [2.05, 4.69) is 63.4 Å². The Bertz CT molecular complexity index is 2040. The summed E-state index contributed by atoms with van der Waals surface area (Å²) in [5.74, 6) is 1.13. The van der Waals surface area contributed by atoms with Crippen molar-refractivity contribution in [3.05, 3.63) is 46.8 Å². The average Bonchev–Trinajstić information content (AvgIpc) is 3.86. The lowest BCUT2D eigenvalue weighted by molar-refractivity contribution is -0.239. The van der Waals surface area contributed by atoms with Crippen molar-refractivity contribution < 1.29 is 33.7 Å². The Morgan fingerprint density at radius 2 is 1.81 bits per heavy atom. The van der Waals surface area contributed by atoms with Gasteiger partial charge in [0, 0.05) is 24.0 Å². The van der Waals surface area contributed by atoms with Crippen molar-refractivity contribution >= 4 is 17.6 Å². The first-order valence-electron chi connectivity index (χ1n) is 20.9. The fraction of sp³-hybridized carbons (Fsp3) is 0.767. The van der Waals surface area contributed by atoms with Crippen LogP contribution < -0.4 is 11.4 Å². The van der Waals surface area contributed by atoms with Crippen molar-refractivity contribution in [2.45, 2.75) is 130 Å². The first kappa shape index (κ1) is 40.3. The quantitative estimate of drug-likeness (QED) is 0.249. The summed E-state index contributed by atoms with van der Waals surface area (Å²) in [5.41, 5.74) is 3.04. The lowest BCUT2D eigenvalue weighted by Crippen LogP contribution is -2.67. The second kappa shape index (κ2) is 13.3. The molecule has 0 bridgehead atoms. The fourth-order valence-corrected chi connectivity index (χ4v) is 14.8. The molecule has 14 atom stereocenters. The number of halogens is 1. The van der Waals surface area contributed by atoms with Crippen LogP contribution >= 0.6 is 0 Å². The number of carbonyl (C=O) groups excluding carboxylic acids is 2. The number of alkyl halides is 1. The molecule has 0 amide bonds. The van der Waals surface area contributed by atoms with Crippen LogP contribution in [0.1, 0.15) is 111 Å². The first-order valence-corrected chi connectivity index (χ1v) is 20.9. The van der Waals surface area contributed by atoms with Crippen molar-refractivity contribution in [1.29, 1.82) is 0 Å². The van der Waals surface area contributed by atoms with Crippen LogP contribution in [0.4, 0.5) is 10.2 Å². The number of ether oxygens (including phenoxy) is 2. The number of Topliss-reactive ketones (excluding diaryl/α,β-unsaturated/α-hetero) is 1. The van der Waals surface area contributed by atoms with Crippen LogP contribution in [-0.4, -0.2) is 72.5 Å². The van der Waals surface area contributed by atoms with Gasteiger partial charge >= 0.3 is 11.7 Å². The van der Waals surface area contributed by atoms with Crippen molar-refractivity contribution in [3.63, 3.8) is 0 Å². The molecule has 57 heavy (non-hydrogen) atoms. The third-order valence-electron chi connectivity index (χ3n) is 17.6. The van der Waals surface area contributed by atoms with E-state index in [4.69, 9.17) is 15.2 Å². The van der Waals surface area contributed by atoms with E-state index in [0.717, 1.165) is 60.6 Å². The lowest BCUT2D eigenvalue weighted by Gasteiger charge is -2.72. The molecule has 1 aliphatic heterocycles. The van der Waals surface area contributed by atoms with Gasteiger partial charge in [0.25, 0.3) is 0 Å². The largest absolute Gasteiger partial charge is 0.469 e. The van der Waals surface area contributed by atoms with Gasteiger partial charge in [-0.25, -0.2) is 13.9 Å². The molecule has 2 aromatic rings. The number of hydrogen-bond donors (Lipinski definition) is 3. The number of aliphatic hydroxyl groups excluding tert-OH is 2. The van der Waals surface area contributed by atoms with Gasteiger partial charge in [0.05, 0.1) is 31.0 Å². The zero-order valence-electron chi connectivity index (χ0n) is 34.5. The number of aliphatic hydroxyl groups is 2. The molecule has 13 nitrogen and oxygen atoms in total. The molecule has 0 unspecified atom stereocenters. The van der Waals surface area contributed by atoms with E-state index in [1.165, 1.54) is 31.1 Å². The number of nitrogens with zero attached hydrogens (tertiary/aromatic N) is 5. The van der Waals surface area contributed by atoms with Crippen LogP contribution in [0.3, 0.4) is 0 Å². The topological polar surface area (TPSA) is 185 Å². The van der Waals surface area contributed by atoms with Crippen molar-refractivity contribution in [3.8, 4) is 0 Å². The molecule has 312 valence electrons. The lowest BCUT2D eigenvalue weighted by atomic mass is 9.32. The highest BCUT2D eigenvalue weighted by atomic mass is 19.1. The highest BCUT2D eigenvalue weighted by molar-refractivity contribution is 5.88. The molecule has 8 rings (SSSR count). The monoisotopic (exact) mass is 792 g/mol. The van der Waals surface area contributed by atoms with Crippen LogP contribution in [0.15, 0.2) is 35.4 Å². The van der Waals surface area contributed by atoms with Gasteiger partial charge < -0.3 is 25.4 Å². The van der Waals surface area contributed by atoms with Crippen molar-refractivity contribution in [1.82, 2.24) is 24.5 Å². The molecule has 5 saturated carbocycles. The SMILES string of the molecule is C=C(C)[C@@H]1CC[C@]2(C(=O)OC)CC[C@]3(C)[C@H](CC[C@@H]4[C@@]5(C)C[C@@H](Cc6cn([C@]7(CO)O[C@@H](n8ccc(N)nc8=O)[C@@H](F)[C@@H]7O)nn6)C(=O)C(C)(C)[C@@H]5CC[C@]43C)[C@@H]12. The maximum absolute atomic E-state index is 15.7. The summed E-state index contributed by atoms with van der Waals surface area (Å²) in [5, 5.41) is 30.3. The Kier molecular flexibility index (Phi) is 9.37. The number of nitrogens with two attached hydrogens (primary N) is 1. The van der Waals surface area contributed by atoms with E-state index < -0.39 is 47.4 Å². The molecule has 0 aromatic carbocycles. The third-order valence-corrected chi connectivity index (χ3v) is 17.6. The molecule has 2 aromatic heterocycles. The van der Waals surface area contributed by atoms with Crippen LogP contribution in [-0.2, 0) is 31.2 Å². The summed E-state index contributed by atoms with van der Waals surface area (Å²) >= 11 is 0. The number of hydrogen-bond acceptors (Lipinski definition) is 11. The second-order valence-corrected chi connectivity index (χ2v) is 20.1. The summed E-state index contributed by atoms with van der Waals surface area (Å²) in [4.78, 5) is 44.4. The number of anilines is 1. The number of methoxy groups -OCH3 is 1. The molecule has 1 saturated heterocycles. The minimum atomic E-state index is -2.12. The van der Waals surface area contributed by atoms with E-state index in [1.54, 1.807) is 0 Å². The number of nitrogen functional groups attached to an aromatic ring is 1. The maximum atomic E-state index is 15.7. The Morgan fingerprint density at radius 3 is 2.47 bits per heavy atom. The van der Waals surface area contributed by atoms with Crippen LogP contribution in [0, 0.1) is 62.6 Å². The van der Waals surface area contributed by atoms with Gasteiger partial charge in [-0.15, -0.1) is 5.10 Å². The van der Waals surface area contributed by atoms with Gasteiger partial charge in [0.1, 0.15) is 17.7 Å². The van der Waals surface area contributed by atoms with E-state index in [1.807, 2.05) is 0 Å². The molecule has 3 heterocycles. The fourth-order valence-electron chi connectivity index (χ4n) is 14.8. The predicted octanol–water partition coefficient (Wildman–Crippen LogP) is 5.16. The number of aromatic nitrogens is 5. The number of carbonyl (C=O) groups is 2. The molecular weight excluding hydrogens is 732 g/mol. The maximum Gasteiger partial charge on any atom is 0.351 e. The summed E-state index contributed by atoms with van der Waals surface area (Å²) in [6.07, 6.45) is 5.72. The van der Waals surface area contributed by atoms with Gasteiger partial charge in [-0.3, -0.25) is 14.2 Å². The normalized spacial score (nSPS) is 44.7. The molecular formula is C43H61FN6O7. The second-order valence-electron chi connectivity index (χ2n) is 20.1. The van der Waals surface area contributed by atoms with Gasteiger partial charge in [0.15, 0.2) is 12.4 Å². The van der Waals surface area contributed by atoms with E-state index in [-0.39, 0.29) is 58.0 Å². The Hall–Kier alpha value is -3.49. The Balaban J connectivity index is 1.08. The minimum Gasteiger partial charge on any atom is -0.469 e. The summed E-state index contributed by atoms with van der Waals surface area (Å²) < 4.78 is 29.1. The molecule has 14 heteroatoms. The molecule has 5 aliphatic carbocycles. The third kappa shape index (κ3) is 5.33. The number of allylic oxidation sites excluding steroid dienone is 1. The Labute approximate surface area is 334 Å². The van der Waals surface area contributed by atoms with Gasteiger partial charge in [-0.1, -0.05) is 52.0 Å². The van der Waals surface area contributed by atoms with E-state index >= 15 is 4.39 Å². The Morgan fingerprint density at radius 1 is 1.07 bits per heavy atom. The van der Waals surface area contributed by atoms with Gasteiger partial charge in [0.2, 0.25) is 5.72 Å². The van der Waals surface area contributed by atoms with E-state index in [0.29, 0.717) is 29.9 Å². The number of esters is 1. The molecule has 6 aliphatic rings. The smallest absolute Gasteiger partial charge is 0.351 e. The van der Waals surface area contributed by atoms with Crippen molar-refractivity contribution in [2.75, 3.05) is 19.5 Å². The summed E-state index contributed by atoms with van der Waals surface area (Å²) in [6.45, 7) is 17.4. The minimum absolute atomic E-state index is 0.00561. The average molecular weight is 793 g/mol. The van der Waals surface area contributed by atoms with E-state index in [9.17, 15) is 24.6 Å².